The molecule has 0 radical (unpaired) electrons. The smallest absolute Gasteiger partial charge is 0.307 e. The molecule has 0 aliphatic rings. The van der Waals surface area contributed by atoms with E-state index in [9.17, 15) is 14.4 Å². The summed E-state index contributed by atoms with van der Waals surface area (Å²) in [5, 5.41) is 4.60. The van der Waals surface area contributed by atoms with Gasteiger partial charge in [-0.25, -0.2) is 0 Å². The minimum atomic E-state index is -0.249. The second kappa shape index (κ2) is 8.87. The second-order valence-electron chi connectivity index (χ2n) is 5.54. The van der Waals surface area contributed by atoms with Gasteiger partial charge in [-0.2, -0.15) is 0 Å². The summed E-state index contributed by atoms with van der Waals surface area (Å²) in [4.78, 5) is 38.3. The molecule has 1 aromatic heterocycles. The third-order valence-electron chi connectivity index (χ3n) is 3.71. The van der Waals surface area contributed by atoms with Gasteiger partial charge in [0.05, 0.1) is 12.2 Å². The first kappa shape index (κ1) is 19.3. The van der Waals surface area contributed by atoms with E-state index in [2.05, 4.69) is 5.32 Å². The van der Waals surface area contributed by atoms with Crippen molar-refractivity contribution >= 4 is 40.6 Å². The zero-order valence-electron chi connectivity index (χ0n) is 14.4. The molecular formula is C17H21N3O3S2. The molecule has 1 aromatic carbocycles. The van der Waals surface area contributed by atoms with Crippen molar-refractivity contribution in [3.8, 4) is 0 Å². The standard InChI is InChI=1S/C17H21N3O3S2/c1-12-11-25-17(23)20(12)9-8-16(22)19(2)10-15(21)18-13-6-4-5-7-14(13)24-3/h4-7,11H,8-10H2,1-3H3,(H,18,21). The highest BCUT2D eigenvalue weighted by atomic mass is 32.2. The number of thiazole rings is 1. The van der Waals surface area contributed by atoms with Crippen molar-refractivity contribution in [3.05, 3.63) is 45.0 Å². The lowest BCUT2D eigenvalue weighted by Gasteiger charge is -2.17. The lowest BCUT2D eigenvalue weighted by Crippen LogP contribution is -2.35. The summed E-state index contributed by atoms with van der Waals surface area (Å²) < 4.78 is 1.57. The minimum absolute atomic E-state index is 0.0287. The van der Waals surface area contributed by atoms with E-state index in [1.54, 1.807) is 28.8 Å². The van der Waals surface area contributed by atoms with Crippen molar-refractivity contribution in [3.63, 3.8) is 0 Å². The minimum Gasteiger partial charge on any atom is -0.336 e. The number of likely N-dealkylation sites (N-methyl/N-ethyl adjacent to an activating group) is 1. The molecule has 2 rings (SSSR count). The topological polar surface area (TPSA) is 71.4 Å². The number of benzene rings is 1. The van der Waals surface area contributed by atoms with Crippen LogP contribution in [0.3, 0.4) is 0 Å². The molecule has 1 N–H and O–H groups in total. The number of carbonyl (C=O) groups is 2. The Morgan fingerprint density at radius 1 is 1.32 bits per heavy atom. The summed E-state index contributed by atoms with van der Waals surface area (Å²) in [5.74, 6) is -0.424. The first-order chi connectivity index (χ1) is 11.9. The highest BCUT2D eigenvalue weighted by Crippen LogP contribution is 2.24. The van der Waals surface area contributed by atoms with Crippen molar-refractivity contribution in [2.24, 2.45) is 0 Å². The molecule has 25 heavy (non-hydrogen) atoms. The van der Waals surface area contributed by atoms with Crippen LogP contribution in [0.1, 0.15) is 12.1 Å². The maximum absolute atomic E-state index is 12.2. The fraction of sp³-hybridized carbons (Fsp3) is 0.353. The average molecular weight is 380 g/mol. The molecule has 0 saturated heterocycles. The summed E-state index contributed by atoms with van der Waals surface area (Å²) in [7, 11) is 1.59. The Hall–Kier alpha value is -2.06. The van der Waals surface area contributed by atoms with E-state index >= 15 is 0 Å². The predicted octanol–water partition coefficient (Wildman–Crippen LogP) is 2.43. The summed E-state index contributed by atoms with van der Waals surface area (Å²) >= 11 is 2.67. The predicted molar refractivity (Wildman–Crippen MR) is 102 cm³/mol. The van der Waals surface area contributed by atoms with Crippen LogP contribution in [-0.4, -0.2) is 41.1 Å². The van der Waals surface area contributed by atoms with Crippen LogP contribution in [0.25, 0.3) is 0 Å². The molecule has 0 unspecified atom stereocenters. The summed E-state index contributed by atoms with van der Waals surface area (Å²) in [6.07, 6.45) is 2.12. The van der Waals surface area contributed by atoms with E-state index in [1.165, 1.54) is 4.90 Å². The highest BCUT2D eigenvalue weighted by Gasteiger charge is 2.15. The van der Waals surface area contributed by atoms with Crippen LogP contribution in [0.5, 0.6) is 0 Å². The molecule has 8 heteroatoms. The van der Waals surface area contributed by atoms with Crippen LogP contribution >= 0.6 is 23.1 Å². The third kappa shape index (κ3) is 5.20. The summed E-state index contributed by atoms with van der Waals surface area (Å²) in [5.41, 5.74) is 1.58. The SMILES string of the molecule is CSc1ccccc1NC(=O)CN(C)C(=O)CCn1c(C)csc1=O. The van der Waals surface area contributed by atoms with E-state index in [-0.39, 0.29) is 29.7 Å². The lowest BCUT2D eigenvalue weighted by atomic mass is 10.3. The van der Waals surface area contributed by atoms with Gasteiger partial charge in [-0.3, -0.25) is 14.4 Å². The van der Waals surface area contributed by atoms with Crippen molar-refractivity contribution in [2.45, 2.75) is 24.8 Å². The zero-order valence-corrected chi connectivity index (χ0v) is 16.1. The van der Waals surface area contributed by atoms with Crippen LogP contribution in [-0.2, 0) is 16.1 Å². The Balaban J connectivity index is 1.88. The van der Waals surface area contributed by atoms with Crippen LogP contribution < -0.4 is 10.2 Å². The molecule has 0 spiro atoms. The normalized spacial score (nSPS) is 10.5. The Kier molecular flexibility index (Phi) is 6.83. The number of carbonyl (C=O) groups excluding carboxylic acids is 2. The number of hydrogen-bond acceptors (Lipinski definition) is 5. The van der Waals surface area contributed by atoms with Gasteiger partial charge < -0.3 is 14.8 Å². The first-order valence-corrected chi connectivity index (χ1v) is 9.84. The number of thioether (sulfide) groups is 1. The number of anilines is 1. The van der Waals surface area contributed by atoms with E-state index in [0.29, 0.717) is 6.54 Å². The maximum Gasteiger partial charge on any atom is 0.307 e. The number of amides is 2. The first-order valence-electron chi connectivity index (χ1n) is 7.74. The van der Waals surface area contributed by atoms with Crippen LogP contribution in [0, 0.1) is 6.92 Å². The fourth-order valence-electron chi connectivity index (χ4n) is 2.31. The van der Waals surface area contributed by atoms with Gasteiger partial charge in [-0.15, -0.1) is 11.8 Å². The van der Waals surface area contributed by atoms with Crippen molar-refractivity contribution in [1.82, 2.24) is 9.47 Å². The molecule has 0 bridgehead atoms. The highest BCUT2D eigenvalue weighted by molar-refractivity contribution is 7.98. The van der Waals surface area contributed by atoms with Crippen molar-refractivity contribution < 1.29 is 9.59 Å². The van der Waals surface area contributed by atoms with Crippen molar-refractivity contribution in [2.75, 3.05) is 25.2 Å². The fourth-order valence-corrected chi connectivity index (χ4v) is 3.63. The molecule has 134 valence electrons. The molecule has 0 aliphatic carbocycles. The average Bonchev–Trinajstić information content (AvgIpc) is 2.91. The van der Waals surface area contributed by atoms with E-state index < -0.39 is 0 Å². The molecule has 0 saturated carbocycles. The van der Waals surface area contributed by atoms with Crippen LogP contribution in [0.15, 0.2) is 39.3 Å². The number of aryl methyl sites for hydroxylation is 1. The van der Waals surface area contributed by atoms with Gasteiger partial charge in [0.2, 0.25) is 11.8 Å². The van der Waals surface area contributed by atoms with E-state index in [0.717, 1.165) is 27.6 Å². The Morgan fingerprint density at radius 3 is 2.68 bits per heavy atom. The number of nitrogens with one attached hydrogen (secondary N) is 1. The van der Waals surface area contributed by atoms with Gasteiger partial charge >= 0.3 is 4.87 Å². The molecule has 1 heterocycles. The number of aromatic nitrogens is 1. The Labute approximate surface area is 154 Å². The summed E-state index contributed by atoms with van der Waals surface area (Å²) in [6.45, 7) is 2.13. The molecule has 0 fully saturated rings. The molecule has 0 aliphatic heterocycles. The zero-order chi connectivity index (χ0) is 18.4. The van der Waals surface area contributed by atoms with Gasteiger partial charge in [0.15, 0.2) is 0 Å². The van der Waals surface area contributed by atoms with Gasteiger partial charge in [0.1, 0.15) is 0 Å². The maximum atomic E-state index is 12.2. The largest absolute Gasteiger partial charge is 0.336 e. The van der Waals surface area contributed by atoms with Gasteiger partial charge in [0, 0.05) is 36.0 Å². The van der Waals surface area contributed by atoms with Crippen molar-refractivity contribution in [1.29, 1.82) is 0 Å². The summed E-state index contributed by atoms with van der Waals surface area (Å²) in [6, 6.07) is 7.52. The number of hydrogen-bond donors (Lipinski definition) is 1. The van der Waals surface area contributed by atoms with Gasteiger partial charge in [-0.05, 0) is 25.3 Å². The second-order valence-corrected chi connectivity index (χ2v) is 7.21. The van der Waals surface area contributed by atoms with Crippen LogP contribution in [0.4, 0.5) is 5.69 Å². The molecule has 2 amide bonds. The molecule has 0 atom stereocenters. The van der Waals surface area contributed by atoms with E-state index in [1.807, 2.05) is 37.4 Å². The number of rotatable bonds is 7. The number of para-hydroxylation sites is 1. The van der Waals surface area contributed by atoms with Gasteiger partial charge in [-0.1, -0.05) is 23.5 Å². The number of nitrogens with zero attached hydrogens (tertiary/aromatic N) is 2. The van der Waals surface area contributed by atoms with E-state index in [4.69, 9.17) is 0 Å². The Bertz CT molecular complexity index is 813. The Morgan fingerprint density at radius 2 is 2.04 bits per heavy atom. The van der Waals surface area contributed by atoms with Crippen LogP contribution in [0.2, 0.25) is 0 Å². The molecule has 2 aromatic rings. The monoisotopic (exact) mass is 379 g/mol. The lowest BCUT2D eigenvalue weighted by molar-refractivity contribution is -0.133. The molecular weight excluding hydrogens is 358 g/mol. The van der Waals surface area contributed by atoms with Gasteiger partial charge in [0.25, 0.3) is 0 Å². The molecule has 6 nitrogen and oxygen atoms in total. The third-order valence-corrected chi connectivity index (χ3v) is 5.39. The quantitative estimate of drug-likeness (QED) is 0.750.